The van der Waals surface area contributed by atoms with Gasteiger partial charge >= 0.3 is 0 Å². The fourth-order valence-electron chi connectivity index (χ4n) is 3.01. The lowest BCUT2D eigenvalue weighted by molar-refractivity contribution is 0.0394. The van der Waals surface area contributed by atoms with Crippen molar-refractivity contribution in [3.63, 3.8) is 0 Å². The molecule has 2 N–H and O–H groups in total. The van der Waals surface area contributed by atoms with E-state index in [1.807, 2.05) is 30.3 Å². The highest BCUT2D eigenvalue weighted by molar-refractivity contribution is 6.09. The number of aliphatic imine (C=N–C) groups is 1. The normalized spacial score (nSPS) is 15.2. The van der Waals surface area contributed by atoms with Crippen molar-refractivity contribution >= 4 is 17.6 Å². The van der Waals surface area contributed by atoms with Crippen LogP contribution in [0.15, 0.2) is 59.6 Å². The molecule has 1 aliphatic rings. The monoisotopic (exact) mass is 380 g/mol. The first-order valence-corrected chi connectivity index (χ1v) is 9.81. The van der Waals surface area contributed by atoms with E-state index < -0.39 is 0 Å². The van der Waals surface area contributed by atoms with Crippen LogP contribution in [-0.2, 0) is 11.2 Å². The molecule has 1 amide bonds. The maximum Gasteiger partial charge on any atom is 0.257 e. The van der Waals surface area contributed by atoms with E-state index in [2.05, 4.69) is 39.6 Å². The van der Waals surface area contributed by atoms with Gasteiger partial charge in [0.25, 0.3) is 5.91 Å². The Bertz CT molecular complexity index is 786. The summed E-state index contributed by atoms with van der Waals surface area (Å²) in [6, 6.07) is 17.3. The van der Waals surface area contributed by atoms with E-state index in [1.165, 1.54) is 5.56 Å². The molecule has 0 unspecified atom stereocenters. The number of hydrogen-bond donors (Lipinski definition) is 2. The first-order valence-electron chi connectivity index (χ1n) is 9.81. The number of aryl methyl sites for hydroxylation is 1. The van der Waals surface area contributed by atoms with Gasteiger partial charge in [0, 0.05) is 30.9 Å². The molecule has 6 nitrogen and oxygen atoms in total. The molecule has 1 heterocycles. The average molecular weight is 380 g/mol. The molecule has 6 heteroatoms. The number of benzene rings is 2. The third-order valence-electron chi connectivity index (χ3n) is 4.66. The minimum absolute atomic E-state index is 0.176. The van der Waals surface area contributed by atoms with Gasteiger partial charge in [0.15, 0.2) is 0 Å². The Morgan fingerprint density at radius 1 is 1.11 bits per heavy atom. The standard InChI is InChI=1S/C22H28N4O2/c1-2-18-7-6-10-20(17-18)24-22(23-11-12-26-13-15-28-16-14-26)25-21(27)19-8-4-3-5-9-19/h3-10,17H,2,11-16H2,1H3,(H2,23,24,25,27). The van der Waals surface area contributed by atoms with E-state index in [0.29, 0.717) is 18.1 Å². The number of anilines is 1. The number of amides is 1. The molecule has 1 fully saturated rings. The van der Waals surface area contributed by atoms with Crippen molar-refractivity contribution in [2.45, 2.75) is 13.3 Å². The summed E-state index contributed by atoms with van der Waals surface area (Å²) in [5.41, 5.74) is 2.75. The number of carbonyl (C=O) groups excluding carboxylic acids is 1. The Kier molecular flexibility index (Phi) is 7.58. The topological polar surface area (TPSA) is 66.0 Å². The van der Waals surface area contributed by atoms with Crippen LogP contribution in [0, 0.1) is 0 Å². The summed E-state index contributed by atoms with van der Waals surface area (Å²) in [6.07, 6.45) is 0.954. The Labute approximate surface area is 166 Å². The molecule has 0 aromatic heterocycles. The lowest BCUT2D eigenvalue weighted by Crippen LogP contribution is -2.39. The highest BCUT2D eigenvalue weighted by Gasteiger charge is 2.11. The van der Waals surface area contributed by atoms with E-state index >= 15 is 0 Å². The molecule has 28 heavy (non-hydrogen) atoms. The molecule has 1 aliphatic heterocycles. The van der Waals surface area contributed by atoms with Crippen molar-refractivity contribution in [3.8, 4) is 0 Å². The van der Waals surface area contributed by atoms with E-state index in [1.54, 1.807) is 12.1 Å². The maximum absolute atomic E-state index is 12.6. The van der Waals surface area contributed by atoms with Gasteiger partial charge in [-0.15, -0.1) is 0 Å². The molecule has 1 saturated heterocycles. The second-order valence-corrected chi connectivity index (χ2v) is 6.68. The second-order valence-electron chi connectivity index (χ2n) is 6.68. The number of nitrogens with one attached hydrogen (secondary N) is 2. The maximum atomic E-state index is 12.6. The van der Waals surface area contributed by atoms with Gasteiger partial charge in [-0.2, -0.15) is 0 Å². The Balaban J connectivity index is 1.68. The molecular weight excluding hydrogens is 352 g/mol. The van der Waals surface area contributed by atoms with Crippen LogP contribution in [0.3, 0.4) is 0 Å². The molecule has 0 radical (unpaired) electrons. The van der Waals surface area contributed by atoms with Crippen molar-refractivity contribution in [1.29, 1.82) is 0 Å². The van der Waals surface area contributed by atoms with Gasteiger partial charge in [0.05, 0.1) is 19.8 Å². The van der Waals surface area contributed by atoms with Gasteiger partial charge in [0.1, 0.15) is 0 Å². The smallest absolute Gasteiger partial charge is 0.257 e. The van der Waals surface area contributed by atoms with Crippen LogP contribution in [-0.4, -0.2) is 56.2 Å². The number of hydrogen-bond acceptors (Lipinski definition) is 4. The summed E-state index contributed by atoms with van der Waals surface area (Å²) in [4.78, 5) is 19.5. The minimum Gasteiger partial charge on any atom is -0.379 e. The van der Waals surface area contributed by atoms with E-state index in [4.69, 9.17) is 4.74 Å². The third kappa shape index (κ3) is 6.18. The summed E-state index contributed by atoms with van der Waals surface area (Å²) in [5, 5.41) is 6.18. The van der Waals surface area contributed by atoms with Crippen LogP contribution in [0.4, 0.5) is 5.69 Å². The van der Waals surface area contributed by atoms with Gasteiger partial charge in [-0.05, 0) is 36.2 Å². The zero-order valence-electron chi connectivity index (χ0n) is 16.4. The number of guanidine groups is 1. The summed E-state index contributed by atoms with van der Waals surface area (Å²) in [5.74, 6) is 0.292. The fraction of sp³-hybridized carbons (Fsp3) is 0.364. The average Bonchev–Trinajstić information content (AvgIpc) is 2.75. The summed E-state index contributed by atoms with van der Waals surface area (Å²) < 4.78 is 5.38. The fourth-order valence-corrected chi connectivity index (χ4v) is 3.01. The number of carbonyl (C=O) groups is 1. The summed E-state index contributed by atoms with van der Waals surface area (Å²) >= 11 is 0. The molecule has 3 rings (SSSR count). The Morgan fingerprint density at radius 3 is 2.64 bits per heavy atom. The first-order chi connectivity index (χ1) is 13.7. The number of rotatable bonds is 6. The predicted octanol–water partition coefficient (Wildman–Crippen LogP) is 2.78. The highest BCUT2D eigenvalue weighted by atomic mass is 16.5. The molecule has 0 saturated carbocycles. The second kappa shape index (κ2) is 10.6. The van der Waals surface area contributed by atoms with Crippen molar-refractivity contribution in [2.75, 3.05) is 44.7 Å². The van der Waals surface area contributed by atoms with E-state index in [0.717, 1.165) is 45.0 Å². The zero-order valence-corrected chi connectivity index (χ0v) is 16.4. The Hall–Kier alpha value is -2.70. The minimum atomic E-state index is -0.176. The molecule has 2 aromatic rings. The van der Waals surface area contributed by atoms with Crippen LogP contribution in [0.2, 0.25) is 0 Å². The lowest BCUT2D eigenvalue weighted by atomic mass is 10.1. The summed E-state index contributed by atoms with van der Waals surface area (Å²) in [6.45, 7) is 6.94. The van der Waals surface area contributed by atoms with Gasteiger partial charge < -0.3 is 10.1 Å². The van der Waals surface area contributed by atoms with Crippen LogP contribution < -0.4 is 10.6 Å². The van der Waals surface area contributed by atoms with Crippen LogP contribution in [0.5, 0.6) is 0 Å². The lowest BCUT2D eigenvalue weighted by Gasteiger charge is -2.25. The van der Waals surface area contributed by atoms with Gasteiger partial charge in [-0.1, -0.05) is 37.3 Å². The molecule has 0 atom stereocenters. The van der Waals surface area contributed by atoms with Gasteiger partial charge in [-0.3, -0.25) is 20.0 Å². The predicted molar refractivity (Wildman–Crippen MR) is 113 cm³/mol. The first kappa shape index (κ1) is 20.0. The zero-order chi connectivity index (χ0) is 19.6. The SMILES string of the molecule is CCc1cccc(NC(=NCCN2CCOCC2)NC(=O)c2ccccc2)c1. The van der Waals surface area contributed by atoms with E-state index in [9.17, 15) is 4.79 Å². The van der Waals surface area contributed by atoms with Crippen LogP contribution in [0.25, 0.3) is 0 Å². The molecule has 2 aromatic carbocycles. The molecule has 148 valence electrons. The third-order valence-corrected chi connectivity index (χ3v) is 4.66. The quantitative estimate of drug-likeness (QED) is 0.597. The molecule has 0 aliphatic carbocycles. The molecular formula is C22H28N4O2. The van der Waals surface area contributed by atoms with Gasteiger partial charge in [0.2, 0.25) is 5.96 Å². The van der Waals surface area contributed by atoms with Gasteiger partial charge in [-0.25, -0.2) is 0 Å². The van der Waals surface area contributed by atoms with Crippen molar-refractivity contribution in [2.24, 2.45) is 4.99 Å². The Morgan fingerprint density at radius 2 is 1.89 bits per heavy atom. The number of nitrogens with zero attached hydrogens (tertiary/aromatic N) is 2. The van der Waals surface area contributed by atoms with Crippen molar-refractivity contribution < 1.29 is 9.53 Å². The van der Waals surface area contributed by atoms with Crippen LogP contribution in [0.1, 0.15) is 22.8 Å². The number of ether oxygens (including phenoxy) is 1. The largest absolute Gasteiger partial charge is 0.379 e. The van der Waals surface area contributed by atoms with Crippen molar-refractivity contribution in [1.82, 2.24) is 10.2 Å². The van der Waals surface area contributed by atoms with E-state index in [-0.39, 0.29) is 5.91 Å². The molecule has 0 spiro atoms. The highest BCUT2D eigenvalue weighted by Crippen LogP contribution is 2.11. The van der Waals surface area contributed by atoms with Crippen LogP contribution >= 0.6 is 0 Å². The molecule has 0 bridgehead atoms. The summed E-state index contributed by atoms with van der Waals surface area (Å²) in [7, 11) is 0. The number of morpholine rings is 1. The van der Waals surface area contributed by atoms with Crippen molar-refractivity contribution in [3.05, 3.63) is 65.7 Å².